The van der Waals surface area contributed by atoms with Gasteiger partial charge in [0, 0.05) is 33.9 Å². The zero-order valence-electron chi connectivity index (χ0n) is 14.8. The Labute approximate surface area is 176 Å². The zero-order valence-corrected chi connectivity index (χ0v) is 17.1. The molecule has 0 fully saturated rings. The van der Waals surface area contributed by atoms with Gasteiger partial charge in [-0.15, -0.1) is 0 Å². The molecule has 0 saturated heterocycles. The minimum atomic E-state index is -1.35. The molecule has 1 unspecified atom stereocenters. The second-order valence-electron chi connectivity index (χ2n) is 6.24. The van der Waals surface area contributed by atoms with Gasteiger partial charge in [-0.2, -0.15) is 0 Å². The van der Waals surface area contributed by atoms with Crippen molar-refractivity contribution in [2.45, 2.75) is 4.90 Å². The number of rotatable bonds is 4. The fourth-order valence-electron chi connectivity index (χ4n) is 3.01. The first-order valence-electron chi connectivity index (χ1n) is 8.63. The summed E-state index contributed by atoms with van der Waals surface area (Å²) in [7, 11) is -1.35. The Kier molecular flexibility index (Phi) is 5.62. The largest absolute Gasteiger partial charge is 0.341 e. The highest BCUT2D eigenvalue weighted by atomic mass is 35.5. The molecule has 3 aromatic rings. The topological polar surface area (TPSA) is 33.2 Å². The first-order chi connectivity index (χ1) is 13.6. The van der Waals surface area contributed by atoms with Crippen LogP contribution in [0.4, 0.5) is 5.69 Å². The van der Waals surface area contributed by atoms with Crippen LogP contribution in [0.2, 0.25) is 10.0 Å². The Morgan fingerprint density at radius 3 is 2.46 bits per heavy atom. The van der Waals surface area contributed by atoms with Crippen LogP contribution in [0.3, 0.4) is 0 Å². The summed E-state index contributed by atoms with van der Waals surface area (Å²) in [4.78, 5) is 7.62. The van der Waals surface area contributed by atoms with E-state index >= 15 is 0 Å². The molecule has 1 aliphatic heterocycles. The van der Waals surface area contributed by atoms with Gasteiger partial charge in [-0.1, -0.05) is 41.4 Å². The maximum atomic E-state index is 13.2. The fourth-order valence-corrected chi connectivity index (χ4v) is 4.52. The molecule has 0 N–H and O–H groups in total. The first kappa shape index (κ1) is 18.9. The van der Waals surface area contributed by atoms with Gasteiger partial charge >= 0.3 is 0 Å². The summed E-state index contributed by atoms with van der Waals surface area (Å²) in [6.07, 6.45) is 7.38. The van der Waals surface area contributed by atoms with E-state index in [0.717, 1.165) is 16.8 Å². The van der Waals surface area contributed by atoms with E-state index in [0.29, 0.717) is 26.4 Å². The zero-order chi connectivity index (χ0) is 19.5. The van der Waals surface area contributed by atoms with E-state index < -0.39 is 10.8 Å². The first-order valence-corrected chi connectivity index (χ1v) is 10.5. The van der Waals surface area contributed by atoms with Crippen LogP contribution in [0.25, 0.3) is 5.57 Å². The standard InChI is InChI=1S/C22H16Cl2N2OS/c23-17-7-9-19(10-8-17)28(27)20-12-16(21-5-1-2-6-22(21)24)14-26(15-20)18-4-3-11-25-13-18/h1-13,15H,14H2. The lowest BCUT2D eigenvalue weighted by Gasteiger charge is -2.27. The normalized spacial score (nSPS) is 15.0. The van der Waals surface area contributed by atoms with Crippen molar-refractivity contribution in [3.63, 3.8) is 0 Å². The lowest BCUT2D eigenvalue weighted by molar-refractivity contribution is 0.687. The lowest BCUT2D eigenvalue weighted by Crippen LogP contribution is -2.23. The summed E-state index contributed by atoms with van der Waals surface area (Å²) in [5.74, 6) is 0. The molecule has 2 heterocycles. The summed E-state index contributed by atoms with van der Waals surface area (Å²) < 4.78 is 13.2. The van der Waals surface area contributed by atoms with Crippen molar-refractivity contribution in [2.75, 3.05) is 11.4 Å². The fraction of sp³-hybridized carbons (Fsp3) is 0.0455. The van der Waals surface area contributed by atoms with Gasteiger partial charge < -0.3 is 4.90 Å². The molecule has 3 nitrogen and oxygen atoms in total. The second kappa shape index (κ2) is 8.31. The van der Waals surface area contributed by atoms with Crippen molar-refractivity contribution in [1.82, 2.24) is 4.98 Å². The molecule has 28 heavy (non-hydrogen) atoms. The molecular formula is C22H16Cl2N2OS. The average molecular weight is 427 g/mol. The summed E-state index contributed by atoms with van der Waals surface area (Å²) in [5.41, 5.74) is 2.84. The number of hydrogen-bond acceptors (Lipinski definition) is 3. The molecule has 0 bridgehead atoms. The number of aromatic nitrogens is 1. The van der Waals surface area contributed by atoms with Crippen molar-refractivity contribution in [1.29, 1.82) is 0 Å². The molecule has 1 aliphatic rings. The van der Waals surface area contributed by atoms with E-state index in [4.69, 9.17) is 23.2 Å². The highest BCUT2D eigenvalue weighted by molar-refractivity contribution is 7.89. The molecule has 2 aromatic carbocycles. The number of pyridine rings is 1. The van der Waals surface area contributed by atoms with Crippen molar-refractivity contribution < 1.29 is 4.21 Å². The van der Waals surface area contributed by atoms with E-state index in [1.807, 2.05) is 53.6 Å². The molecule has 0 radical (unpaired) electrons. The van der Waals surface area contributed by atoms with Gasteiger partial charge in [-0.05, 0) is 59.7 Å². The van der Waals surface area contributed by atoms with Crippen LogP contribution in [-0.2, 0) is 10.8 Å². The molecule has 4 rings (SSSR count). The molecular weight excluding hydrogens is 411 g/mol. The maximum absolute atomic E-state index is 13.2. The highest BCUT2D eigenvalue weighted by Crippen LogP contribution is 2.32. The van der Waals surface area contributed by atoms with Gasteiger partial charge in [-0.3, -0.25) is 4.98 Å². The Morgan fingerprint density at radius 1 is 0.964 bits per heavy atom. The Bertz CT molecular complexity index is 1080. The van der Waals surface area contributed by atoms with Gasteiger partial charge in [0.05, 0.1) is 27.6 Å². The van der Waals surface area contributed by atoms with Gasteiger partial charge in [0.25, 0.3) is 0 Å². The molecule has 0 amide bonds. The number of benzene rings is 2. The third kappa shape index (κ3) is 4.04. The van der Waals surface area contributed by atoms with Crippen LogP contribution in [0.5, 0.6) is 0 Å². The molecule has 6 heteroatoms. The maximum Gasteiger partial charge on any atom is 0.0864 e. The Morgan fingerprint density at radius 2 is 1.75 bits per heavy atom. The predicted octanol–water partition coefficient (Wildman–Crippen LogP) is 5.94. The van der Waals surface area contributed by atoms with Gasteiger partial charge in [-0.25, -0.2) is 4.21 Å². The van der Waals surface area contributed by atoms with Crippen LogP contribution < -0.4 is 4.90 Å². The van der Waals surface area contributed by atoms with Crippen molar-refractivity contribution in [2.24, 2.45) is 0 Å². The summed E-state index contributed by atoms with van der Waals surface area (Å²) in [6, 6.07) is 18.6. The van der Waals surface area contributed by atoms with E-state index in [-0.39, 0.29) is 0 Å². The third-order valence-corrected chi connectivity index (χ3v) is 6.31. The van der Waals surface area contributed by atoms with Crippen LogP contribution in [0.15, 0.2) is 95.1 Å². The SMILES string of the molecule is O=S(C1=CN(c2cccnc2)CC(c2ccccc2Cl)=C1)c1ccc(Cl)cc1. The van der Waals surface area contributed by atoms with Crippen molar-refractivity contribution in [3.05, 3.63) is 106 Å². The van der Waals surface area contributed by atoms with Crippen LogP contribution in [-0.4, -0.2) is 15.7 Å². The van der Waals surface area contributed by atoms with Crippen molar-refractivity contribution >= 4 is 45.3 Å². The molecule has 1 atom stereocenters. The number of nitrogens with zero attached hydrogens (tertiary/aromatic N) is 2. The van der Waals surface area contributed by atoms with Gasteiger partial charge in [0.1, 0.15) is 0 Å². The number of halogens is 2. The summed E-state index contributed by atoms with van der Waals surface area (Å²) in [6.45, 7) is 0.608. The van der Waals surface area contributed by atoms with E-state index in [1.165, 1.54) is 0 Å². The van der Waals surface area contributed by atoms with Crippen LogP contribution in [0, 0.1) is 0 Å². The minimum Gasteiger partial charge on any atom is -0.341 e. The highest BCUT2D eigenvalue weighted by Gasteiger charge is 2.20. The average Bonchev–Trinajstić information content (AvgIpc) is 2.74. The Hall–Kier alpha value is -2.40. The number of hydrogen-bond donors (Lipinski definition) is 0. The number of anilines is 1. The summed E-state index contributed by atoms with van der Waals surface area (Å²) in [5, 5.41) is 1.28. The van der Waals surface area contributed by atoms with Gasteiger partial charge in [0.15, 0.2) is 0 Å². The van der Waals surface area contributed by atoms with Crippen molar-refractivity contribution in [3.8, 4) is 0 Å². The van der Waals surface area contributed by atoms with E-state index in [2.05, 4.69) is 4.98 Å². The second-order valence-corrected chi connectivity index (χ2v) is 8.57. The Balaban J connectivity index is 1.78. The summed E-state index contributed by atoms with van der Waals surface area (Å²) >= 11 is 12.4. The molecule has 0 saturated carbocycles. The van der Waals surface area contributed by atoms with Crippen LogP contribution >= 0.6 is 23.2 Å². The molecule has 0 aliphatic carbocycles. The molecule has 140 valence electrons. The monoisotopic (exact) mass is 426 g/mol. The third-order valence-electron chi connectivity index (χ3n) is 4.38. The smallest absolute Gasteiger partial charge is 0.0864 e. The molecule has 0 spiro atoms. The van der Waals surface area contributed by atoms with Crippen LogP contribution in [0.1, 0.15) is 5.56 Å². The lowest BCUT2D eigenvalue weighted by atomic mass is 10.0. The number of allylic oxidation sites excluding steroid dienone is 1. The van der Waals surface area contributed by atoms with Gasteiger partial charge in [0.2, 0.25) is 0 Å². The molecule has 1 aromatic heterocycles. The minimum absolute atomic E-state index is 0.608. The van der Waals surface area contributed by atoms with E-state index in [1.54, 1.807) is 36.7 Å². The van der Waals surface area contributed by atoms with E-state index in [9.17, 15) is 4.21 Å². The predicted molar refractivity (Wildman–Crippen MR) is 117 cm³/mol. The quantitative estimate of drug-likeness (QED) is 0.517.